The summed E-state index contributed by atoms with van der Waals surface area (Å²) in [5.41, 5.74) is 2.10. The van der Waals surface area contributed by atoms with E-state index < -0.39 is 0 Å². The second kappa shape index (κ2) is 12.6. The summed E-state index contributed by atoms with van der Waals surface area (Å²) in [4.78, 5) is 16.8. The lowest BCUT2D eigenvalue weighted by molar-refractivity contribution is -0.159. The summed E-state index contributed by atoms with van der Waals surface area (Å²) in [5, 5.41) is 1.44. The van der Waals surface area contributed by atoms with Gasteiger partial charge in [-0.15, -0.1) is 4.33 Å². The van der Waals surface area contributed by atoms with Gasteiger partial charge in [-0.25, -0.2) is 9.87 Å². The first-order chi connectivity index (χ1) is 16.6. The van der Waals surface area contributed by atoms with E-state index in [-0.39, 0.29) is 0 Å². The van der Waals surface area contributed by atoms with Crippen LogP contribution in [0.15, 0.2) is 36.5 Å². The molecule has 2 fully saturated rings. The number of hydrogen-bond acceptors (Lipinski definition) is 8. The SMILES string of the molecule is CC[C@H]1CN(c2ncc(NSOOC)cc2Cl)CCN1C1CCN(Cc2ccc(Cl)cc2)CC1. The van der Waals surface area contributed by atoms with Crippen molar-refractivity contribution in [3.8, 4) is 0 Å². The molecule has 1 aromatic heterocycles. The van der Waals surface area contributed by atoms with Crippen LogP contribution in [-0.4, -0.2) is 66.7 Å². The van der Waals surface area contributed by atoms with Crippen LogP contribution < -0.4 is 9.62 Å². The number of piperidine rings is 1. The average molecular weight is 527 g/mol. The second-order valence-electron chi connectivity index (χ2n) is 8.83. The van der Waals surface area contributed by atoms with E-state index in [4.69, 9.17) is 27.5 Å². The molecule has 1 aromatic carbocycles. The molecule has 10 heteroatoms. The molecule has 0 saturated carbocycles. The second-order valence-corrected chi connectivity index (χ2v) is 10.2. The Bertz CT molecular complexity index is 915. The molecule has 0 radical (unpaired) electrons. The van der Waals surface area contributed by atoms with Crippen molar-refractivity contribution in [1.82, 2.24) is 14.8 Å². The van der Waals surface area contributed by atoms with Crippen LogP contribution in [0.4, 0.5) is 11.5 Å². The van der Waals surface area contributed by atoms with Crippen LogP contribution >= 0.6 is 35.4 Å². The molecule has 2 saturated heterocycles. The third-order valence-electron chi connectivity index (χ3n) is 6.73. The first kappa shape index (κ1) is 25.8. The Morgan fingerprint density at radius 3 is 2.56 bits per heavy atom. The van der Waals surface area contributed by atoms with Crippen molar-refractivity contribution < 1.29 is 9.22 Å². The molecule has 0 unspecified atom stereocenters. The molecule has 0 bridgehead atoms. The van der Waals surface area contributed by atoms with E-state index in [0.29, 0.717) is 17.1 Å². The fourth-order valence-corrected chi connectivity index (χ4v) is 5.70. The van der Waals surface area contributed by atoms with E-state index in [2.05, 4.69) is 48.3 Å². The third-order valence-corrected chi connectivity index (χ3v) is 7.78. The Balaban J connectivity index is 1.30. The van der Waals surface area contributed by atoms with Gasteiger partial charge in [-0.05, 0) is 56.1 Å². The molecule has 3 heterocycles. The van der Waals surface area contributed by atoms with Crippen LogP contribution in [0.2, 0.25) is 10.0 Å². The molecule has 0 spiro atoms. The van der Waals surface area contributed by atoms with Gasteiger partial charge in [-0.2, -0.15) is 0 Å². The highest BCUT2D eigenvalue weighted by molar-refractivity contribution is 7.95. The predicted octanol–water partition coefficient (Wildman–Crippen LogP) is 5.51. The van der Waals surface area contributed by atoms with Crippen LogP contribution in [0.3, 0.4) is 0 Å². The highest BCUT2D eigenvalue weighted by Crippen LogP contribution is 2.31. The number of nitrogens with zero attached hydrogens (tertiary/aromatic N) is 4. The van der Waals surface area contributed by atoms with Gasteiger partial charge in [0.2, 0.25) is 0 Å². The third kappa shape index (κ3) is 6.69. The number of hydrogen-bond donors (Lipinski definition) is 1. The first-order valence-corrected chi connectivity index (χ1v) is 13.3. The minimum absolute atomic E-state index is 0.503. The van der Waals surface area contributed by atoms with E-state index in [1.807, 2.05) is 18.2 Å². The number of anilines is 2. The normalized spacial score (nSPS) is 20.6. The van der Waals surface area contributed by atoms with Crippen molar-refractivity contribution in [3.05, 3.63) is 52.1 Å². The van der Waals surface area contributed by atoms with Crippen LogP contribution in [0.25, 0.3) is 0 Å². The Labute approximate surface area is 217 Å². The largest absolute Gasteiger partial charge is 0.353 e. The maximum atomic E-state index is 6.59. The van der Waals surface area contributed by atoms with Crippen molar-refractivity contribution >= 4 is 46.9 Å². The van der Waals surface area contributed by atoms with Gasteiger partial charge in [-0.1, -0.05) is 42.3 Å². The van der Waals surface area contributed by atoms with Gasteiger partial charge in [0.05, 0.1) is 24.0 Å². The minimum Gasteiger partial charge on any atom is -0.353 e. The molecule has 34 heavy (non-hydrogen) atoms. The van der Waals surface area contributed by atoms with Crippen LogP contribution in [0, 0.1) is 0 Å². The Kier molecular flexibility index (Phi) is 9.59. The molecule has 0 aliphatic carbocycles. The number of nitrogens with one attached hydrogen (secondary N) is 1. The first-order valence-electron chi connectivity index (χ1n) is 11.8. The summed E-state index contributed by atoms with van der Waals surface area (Å²) >= 11 is 13.6. The lowest BCUT2D eigenvalue weighted by Crippen LogP contribution is -2.58. The van der Waals surface area contributed by atoms with Gasteiger partial charge >= 0.3 is 0 Å². The molecule has 2 aliphatic heterocycles. The molecular formula is C24H33Cl2N5O2S. The van der Waals surface area contributed by atoms with Crippen molar-refractivity contribution in [2.45, 2.75) is 44.8 Å². The summed E-state index contributed by atoms with van der Waals surface area (Å²) in [6, 6.07) is 11.2. The van der Waals surface area contributed by atoms with E-state index in [1.54, 1.807) is 6.20 Å². The van der Waals surface area contributed by atoms with Gasteiger partial charge in [0.1, 0.15) is 18.0 Å². The number of benzene rings is 1. The van der Waals surface area contributed by atoms with E-state index in [9.17, 15) is 0 Å². The fourth-order valence-electron chi connectivity index (χ4n) is 4.98. The quantitative estimate of drug-likeness (QED) is 0.151. The maximum Gasteiger partial charge on any atom is 0.149 e. The molecule has 0 amide bonds. The zero-order valence-electron chi connectivity index (χ0n) is 19.8. The summed E-state index contributed by atoms with van der Waals surface area (Å²) in [6.45, 7) is 8.47. The fraction of sp³-hybridized carbons (Fsp3) is 0.542. The van der Waals surface area contributed by atoms with Gasteiger partial charge in [-0.3, -0.25) is 9.80 Å². The highest BCUT2D eigenvalue weighted by Gasteiger charge is 2.33. The predicted molar refractivity (Wildman–Crippen MR) is 141 cm³/mol. The zero-order valence-corrected chi connectivity index (χ0v) is 22.1. The Hall–Kier alpha value is -1.26. The number of likely N-dealkylation sites (tertiary alicyclic amines) is 1. The molecule has 1 N–H and O–H groups in total. The zero-order chi connectivity index (χ0) is 23.9. The number of rotatable bonds is 9. The van der Waals surface area contributed by atoms with E-state index in [0.717, 1.165) is 74.4 Å². The number of halogens is 2. The molecule has 1 atom stereocenters. The van der Waals surface area contributed by atoms with Crippen molar-refractivity contribution in [1.29, 1.82) is 0 Å². The summed E-state index contributed by atoms with van der Waals surface area (Å²) < 4.78 is 7.77. The van der Waals surface area contributed by atoms with Gasteiger partial charge < -0.3 is 9.62 Å². The van der Waals surface area contributed by atoms with Crippen LogP contribution in [0.5, 0.6) is 0 Å². The number of aromatic nitrogens is 1. The van der Waals surface area contributed by atoms with E-state index >= 15 is 0 Å². The lowest BCUT2D eigenvalue weighted by Gasteiger charge is -2.47. The highest BCUT2D eigenvalue weighted by atomic mass is 35.5. The standard InChI is InChI=1S/C24H33Cl2N5O2S/c1-3-21-17-30(24-23(26)14-20(15-27-24)28-34-33-32-2)12-13-31(21)22-8-10-29(11-9-22)16-18-4-6-19(25)7-5-18/h4-7,14-15,21-22,28H,3,8-13,16-17H2,1-2H3/t21-/m0/s1. The Morgan fingerprint density at radius 1 is 1.12 bits per heavy atom. The molecule has 7 nitrogen and oxygen atoms in total. The monoisotopic (exact) mass is 525 g/mol. The van der Waals surface area contributed by atoms with Gasteiger partial charge in [0.25, 0.3) is 0 Å². The molecule has 2 aromatic rings. The van der Waals surface area contributed by atoms with E-state index in [1.165, 1.54) is 25.5 Å². The average Bonchev–Trinajstić information content (AvgIpc) is 2.86. The topological polar surface area (TPSA) is 53.1 Å². The summed E-state index contributed by atoms with van der Waals surface area (Å²) in [6.07, 6.45) is 5.32. The molecule has 2 aliphatic rings. The van der Waals surface area contributed by atoms with Crippen molar-refractivity contribution in [2.24, 2.45) is 0 Å². The lowest BCUT2D eigenvalue weighted by atomic mass is 9.98. The number of pyridine rings is 1. The van der Waals surface area contributed by atoms with Crippen LogP contribution in [-0.2, 0) is 15.8 Å². The van der Waals surface area contributed by atoms with Gasteiger partial charge in [0.15, 0.2) is 0 Å². The minimum atomic E-state index is 0.503. The van der Waals surface area contributed by atoms with Crippen molar-refractivity contribution in [3.63, 3.8) is 0 Å². The smallest absolute Gasteiger partial charge is 0.149 e. The number of piperazine rings is 1. The van der Waals surface area contributed by atoms with Crippen molar-refractivity contribution in [2.75, 3.05) is 49.5 Å². The summed E-state index contributed by atoms with van der Waals surface area (Å²) in [5.74, 6) is 0.848. The Morgan fingerprint density at radius 2 is 1.88 bits per heavy atom. The van der Waals surface area contributed by atoms with Crippen LogP contribution in [0.1, 0.15) is 31.7 Å². The molecule has 186 valence electrons. The molecule has 4 rings (SSSR count). The molecular weight excluding hydrogens is 493 g/mol. The van der Waals surface area contributed by atoms with Gasteiger partial charge in [0, 0.05) is 43.3 Å². The summed E-state index contributed by atoms with van der Waals surface area (Å²) in [7, 11) is 1.46. The maximum absolute atomic E-state index is 6.59.